The van der Waals surface area contributed by atoms with E-state index >= 15 is 0 Å². The Morgan fingerprint density at radius 1 is 1.07 bits per heavy atom. The lowest BCUT2D eigenvalue weighted by atomic mass is 10.1. The number of halogens is 1. The molecule has 2 aromatic carbocycles. The molecule has 0 spiro atoms. The van der Waals surface area contributed by atoms with Gasteiger partial charge in [0.25, 0.3) is 11.8 Å². The number of carbonyl (C=O) groups excluding carboxylic acids is 2. The molecule has 0 atom stereocenters. The molecule has 1 aliphatic rings. The monoisotopic (exact) mass is 421 g/mol. The maximum atomic E-state index is 12.6. The summed E-state index contributed by atoms with van der Waals surface area (Å²) in [5, 5.41) is 6.19. The molecule has 156 valence electrons. The SMILES string of the molecule is COc1cc(C(=O)NCc2ccc3c(c2)CNC3)cc(OC)c1OCC(N)=O.Cl. The van der Waals surface area contributed by atoms with Crippen molar-refractivity contribution in [2.24, 2.45) is 5.73 Å². The summed E-state index contributed by atoms with van der Waals surface area (Å²) in [5.74, 6) is -0.151. The van der Waals surface area contributed by atoms with Crippen LogP contribution in [0.1, 0.15) is 27.0 Å². The molecule has 0 radical (unpaired) electrons. The van der Waals surface area contributed by atoms with Crippen molar-refractivity contribution in [1.82, 2.24) is 10.6 Å². The van der Waals surface area contributed by atoms with Gasteiger partial charge < -0.3 is 30.6 Å². The summed E-state index contributed by atoms with van der Waals surface area (Å²) in [4.78, 5) is 23.6. The third-order valence-electron chi connectivity index (χ3n) is 4.44. The van der Waals surface area contributed by atoms with Gasteiger partial charge in [0.1, 0.15) is 0 Å². The van der Waals surface area contributed by atoms with Crippen molar-refractivity contribution in [3.8, 4) is 17.2 Å². The molecule has 2 amide bonds. The minimum absolute atomic E-state index is 0. The fraction of sp³-hybridized carbons (Fsp3) is 0.300. The number of hydrogen-bond acceptors (Lipinski definition) is 6. The molecular weight excluding hydrogens is 398 g/mol. The first-order chi connectivity index (χ1) is 13.5. The molecule has 0 saturated heterocycles. The standard InChI is InChI=1S/C20H23N3O5.ClH/c1-26-16-6-14(7-17(27-2)19(16)28-11-18(21)24)20(25)23-8-12-3-4-13-9-22-10-15(13)5-12;/h3-7,22H,8-11H2,1-2H3,(H2,21,24)(H,23,25);1H. The number of nitrogens with one attached hydrogen (secondary N) is 2. The van der Waals surface area contributed by atoms with Crippen LogP contribution in [0.25, 0.3) is 0 Å². The first-order valence-corrected chi connectivity index (χ1v) is 8.78. The molecule has 8 nitrogen and oxygen atoms in total. The van der Waals surface area contributed by atoms with Gasteiger partial charge in [0.2, 0.25) is 5.75 Å². The molecule has 1 heterocycles. The Hall–Kier alpha value is -2.97. The fourth-order valence-corrected chi connectivity index (χ4v) is 3.04. The van der Waals surface area contributed by atoms with Crippen LogP contribution < -0.4 is 30.6 Å². The van der Waals surface area contributed by atoms with Crippen molar-refractivity contribution in [1.29, 1.82) is 0 Å². The fourth-order valence-electron chi connectivity index (χ4n) is 3.04. The van der Waals surface area contributed by atoms with Gasteiger partial charge >= 0.3 is 0 Å². The van der Waals surface area contributed by atoms with Crippen LogP contribution in [-0.4, -0.2) is 32.6 Å². The number of hydrogen-bond donors (Lipinski definition) is 3. The number of nitrogens with two attached hydrogens (primary N) is 1. The molecule has 29 heavy (non-hydrogen) atoms. The summed E-state index contributed by atoms with van der Waals surface area (Å²) < 4.78 is 15.9. The van der Waals surface area contributed by atoms with Crippen LogP contribution in [0, 0.1) is 0 Å². The van der Waals surface area contributed by atoms with Crippen LogP contribution in [0.5, 0.6) is 17.2 Å². The molecule has 0 aliphatic carbocycles. The Bertz CT molecular complexity index is 879. The van der Waals surface area contributed by atoms with Gasteiger partial charge in [-0.1, -0.05) is 18.2 Å². The number of ether oxygens (including phenoxy) is 3. The third-order valence-corrected chi connectivity index (χ3v) is 4.44. The zero-order chi connectivity index (χ0) is 20.1. The van der Waals surface area contributed by atoms with E-state index in [0.717, 1.165) is 18.7 Å². The Labute approximate surface area is 175 Å². The van der Waals surface area contributed by atoms with Crippen molar-refractivity contribution in [2.75, 3.05) is 20.8 Å². The molecule has 4 N–H and O–H groups in total. The van der Waals surface area contributed by atoms with Gasteiger partial charge in [0, 0.05) is 25.2 Å². The van der Waals surface area contributed by atoms with Gasteiger partial charge in [-0.05, 0) is 28.8 Å². The van der Waals surface area contributed by atoms with Crippen LogP contribution in [0.2, 0.25) is 0 Å². The van der Waals surface area contributed by atoms with Crippen LogP contribution >= 0.6 is 12.4 Å². The molecule has 0 bridgehead atoms. The van der Waals surface area contributed by atoms with Gasteiger partial charge in [0.15, 0.2) is 18.1 Å². The number of carbonyl (C=O) groups is 2. The second-order valence-corrected chi connectivity index (χ2v) is 6.35. The second-order valence-electron chi connectivity index (χ2n) is 6.35. The van der Waals surface area contributed by atoms with Gasteiger partial charge in [-0.25, -0.2) is 0 Å². The highest BCUT2D eigenvalue weighted by atomic mass is 35.5. The van der Waals surface area contributed by atoms with E-state index in [1.54, 1.807) is 0 Å². The molecule has 0 aromatic heterocycles. The highest BCUT2D eigenvalue weighted by Gasteiger charge is 2.18. The summed E-state index contributed by atoms with van der Waals surface area (Å²) >= 11 is 0. The van der Waals surface area contributed by atoms with Gasteiger partial charge in [-0.15, -0.1) is 12.4 Å². The Morgan fingerprint density at radius 2 is 1.72 bits per heavy atom. The van der Waals surface area contributed by atoms with Crippen molar-refractivity contribution in [3.63, 3.8) is 0 Å². The lowest BCUT2D eigenvalue weighted by molar-refractivity contribution is -0.120. The van der Waals surface area contributed by atoms with E-state index in [4.69, 9.17) is 19.9 Å². The Kier molecular flexibility index (Phi) is 7.69. The topological polar surface area (TPSA) is 112 Å². The summed E-state index contributed by atoms with van der Waals surface area (Å²) in [6.45, 7) is 1.80. The van der Waals surface area contributed by atoms with E-state index in [2.05, 4.69) is 22.8 Å². The number of fused-ring (bicyclic) bond motifs is 1. The number of primary amides is 1. The van der Waals surface area contributed by atoms with Crippen LogP contribution in [0.15, 0.2) is 30.3 Å². The summed E-state index contributed by atoms with van der Waals surface area (Å²) in [5.41, 5.74) is 9.03. The highest BCUT2D eigenvalue weighted by molar-refractivity contribution is 5.95. The summed E-state index contributed by atoms with van der Waals surface area (Å²) in [6, 6.07) is 9.24. The molecule has 3 rings (SSSR count). The predicted molar refractivity (Wildman–Crippen MR) is 110 cm³/mol. The lowest BCUT2D eigenvalue weighted by Crippen LogP contribution is -2.23. The largest absolute Gasteiger partial charge is 0.493 e. The van der Waals surface area contributed by atoms with E-state index in [1.165, 1.54) is 37.5 Å². The second kappa shape index (κ2) is 9.99. The van der Waals surface area contributed by atoms with Crippen LogP contribution in [0.3, 0.4) is 0 Å². The molecular formula is C20H24ClN3O5. The minimum atomic E-state index is -0.629. The van der Waals surface area contributed by atoms with E-state index in [-0.39, 0.29) is 42.2 Å². The van der Waals surface area contributed by atoms with E-state index in [9.17, 15) is 9.59 Å². The van der Waals surface area contributed by atoms with Crippen molar-refractivity contribution >= 4 is 24.2 Å². The number of rotatable bonds is 8. The predicted octanol–water partition coefficient (Wildman–Crippen LogP) is 1.52. The quantitative estimate of drug-likeness (QED) is 0.595. The first-order valence-electron chi connectivity index (χ1n) is 8.78. The molecule has 0 unspecified atom stereocenters. The number of amides is 2. The zero-order valence-corrected chi connectivity index (χ0v) is 17.1. The maximum absolute atomic E-state index is 12.6. The summed E-state index contributed by atoms with van der Waals surface area (Å²) in [6.07, 6.45) is 0. The highest BCUT2D eigenvalue weighted by Crippen LogP contribution is 2.38. The molecule has 2 aromatic rings. The van der Waals surface area contributed by atoms with Crippen molar-refractivity contribution < 1.29 is 23.8 Å². The van der Waals surface area contributed by atoms with E-state index < -0.39 is 5.91 Å². The average molecular weight is 422 g/mol. The lowest BCUT2D eigenvalue weighted by Gasteiger charge is -2.15. The third kappa shape index (κ3) is 5.30. The first kappa shape index (κ1) is 22.3. The van der Waals surface area contributed by atoms with E-state index in [0.29, 0.717) is 12.1 Å². The normalized spacial score (nSPS) is 11.8. The maximum Gasteiger partial charge on any atom is 0.255 e. The van der Waals surface area contributed by atoms with Gasteiger partial charge in [0.05, 0.1) is 14.2 Å². The number of benzene rings is 2. The van der Waals surface area contributed by atoms with Gasteiger partial charge in [-0.3, -0.25) is 9.59 Å². The van der Waals surface area contributed by atoms with Crippen LogP contribution in [0.4, 0.5) is 0 Å². The van der Waals surface area contributed by atoms with Crippen LogP contribution in [-0.2, 0) is 24.4 Å². The average Bonchev–Trinajstić information content (AvgIpc) is 3.17. The Balaban J connectivity index is 0.00000300. The Morgan fingerprint density at radius 3 is 2.34 bits per heavy atom. The number of methoxy groups -OCH3 is 2. The smallest absolute Gasteiger partial charge is 0.255 e. The van der Waals surface area contributed by atoms with Crippen molar-refractivity contribution in [3.05, 3.63) is 52.6 Å². The summed E-state index contributed by atoms with van der Waals surface area (Å²) in [7, 11) is 2.87. The molecule has 9 heteroatoms. The molecule has 0 saturated carbocycles. The minimum Gasteiger partial charge on any atom is -0.493 e. The van der Waals surface area contributed by atoms with Gasteiger partial charge in [-0.2, -0.15) is 0 Å². The molecule has 0 fully saturated rings. The zero-order valence-electron chi connectivity index (χ0n) is 16.2. The van der Waals surface area contributed by atoms with Crippen molar-refractivity contribution in [2.45, 2.75) is 19.6 Å². The van der Waals surface area contributed by atoms with E-state index in [1.807, 2.05) is 6.07 Å². The molecule has 1 aliphatic heterocycles.